The number of ketones is 1. The quantitative estimate of drug-likeness (QED) is 0.714. The van der Waals surface area contributed by atoms with E-state index < -0.39 is 0 Å². The normalized spacial score (nSPS) is 15.8. The molecule has 0 atom stereocenters. The molecule has 0 bridgehead atoms. The number of likely N-dealkylation sites (N-methyl/N-ethyl adjacent to an activating group) is 1. The van der Waals surface area contributed by atoms with Crippen LogP contribution in [0, 0.1) is 0 Å². The molecule has 0 aliphatic carbocycles. The molecule has 1 aliphatic heterocycles. The molecular formula is C16H22Cl2N2O. The van der Waals surface area contributed by atoms with E-state index in [-0.39, 0.29) is 5.78 Å². The summed E-state index contributed by atoms with van der Waals surface area (Å²) in [5, 5.41) is 0.800. The van der Waals surface area contributed by atoms with Crippen molar-refractivity contribution in [3.05, 3.63) is 33.8 Å². The highest BCUT2D eigenvalue weighted by Gasteiger charge is 2.15. The molecule has 0 unspecified atom stereocenters. The molecule has 0 amide bonds. The number of carbonyl (C=O) groups excluding carboxylic acids is 1. The molecule has 0 radical (unpaired) electrons. The zero-order chi connectivity index (χ0) is 15.2. The summed E-state index contributed by atoms with van der Waals surface area (Å²) in [5.41, 5.74) is 0.525. The van der Waals surface area contributed by atoms with E-state index in [0.29, 0.717) is 22.0 Å². The lowest BCUT2D eigenvalue weighted by molar-refractivity contribution is 0.0967. The first-order valence-corrected chi connectivity index (χ1v) is 8.21. The molecule has 5 heteroatoms. The van der Waals surface area contributed by atoms with E-state index in [0.717, 1.165) is 19.6 Å². The van der Waals surface area contributed by atoms with E-state index in [1.54, 1.807) is 18.2 Å². The van der Waals surface area contributed by atoms with Gasteiger partial charge >= 0.3 is 0 Å². The van der Waals surface area contributed by atoms with Gasteiger partial charge in [0.1, 0.15) is 0 Å². The second kappa shape index (κ2) is 8.14. The van der Waals surface area contributed by atoms with Crippen LogP contribution in [-0.4, -0.2) is 55.4 Å². The Bertz CT molecular complexity index is 487. The Kier molecular flexibility index (Phi) is 6.49. The molecule has 0 saturated carbocycles. The average Bonchev–Trinajstić information content (AvgIpc) is 2.99. The standard InChI is InChI=1S/C16H22Cl2N2O/c1-19(11-12-20-8-2-3-9-20)10-7-15(21)13-5-4-6-14(17)16(13)18/h4-6H,2-3,7-12H2,1H3. The third-order valence-corrected chi connectivity index (χ3v) is 4.79. The smallest absolute Gasteiger partial charge is 0.165 e. The average molecular weight is 329 g/mol. The molecule has 2 rings (SSSR count). The van der Waals surface area contributed by atoms with Gasteiger partial charge in [0.2, 0.25) is 0 Å². The summed E-state index contributed by atoms with van der Waals surface area (Å²) in [6.45, 7) is 5.25. The zero-order valence-electron chi connectivity index (χ0n) is 12.4. The summed E-state index contributed by atoms with van der Waals surface area (Å²) >= 11 is 12.0. The van der Waals surface area contributed by atoms with Gasteiger partial charge in [0.25, 0.3) is 0 Å². The van der Waals surface area contributed by atoms with Gasteiger partial charge in [-0.25, -0.2) is 0 Å². The van der Waals surface area contributed by atoms with E-state index in [9.17, 15) is 4.79 Å². The second-order valence-electron chi connectivity index (χ2n) is 5.63. The molecule has 1 aromatic rings. The van der Waals surface area contributed by atoms with Gasteiger partial charge in [0, 0.05) is 31.6 Å². The van der Waals surface area contributed by atoms with Crippen molar-refractivity contribution < 1.29 is 4.79 Å². The zero-order valence-corrected chi connectivity index (χ0v) is 14.0. The van der Waals surface area contributed by atoms with E-state index in [1.807, 2.05) is 0 Å². The Morgan fingerprint density at radius 2 is 1.95 bits per heavy atom. The topological polar surface area (TPSA) is 23.6 Å². The van der Waals surface area contributed by atoms with Crippen LogP contribution in [0.3, 0.4) is 0 Å². The van der Waals surface area contributed by atoms with Gasteiger partial charge < -0.3 is 9.80 Å². The number of benzene rings is 1. The van der Waals surface area contributed by atoms with Gasteiger partial charge in [-0.1, -0.05) is 29.3 Å². The van der Waals surface area contributed by atoms with Crippen molar-refractivity contribution in [2.24, 2.45) is 0 Å². The van der Waals surface area contributed by atoms with E-state index in [4.69, 9.17) is 23.2 Å². The number of halogens is 2. The van der Waals surface area contributed by atoms with Crippen LogP contribution in [0.15, 0.2) is 18.2 Å². The van der Waals surface area contributed by atoms with Crippen LogP contribution in [0.1, 0.15) is 29.6 Å². The van der Waals surface area contributed by atoms with Crippen LogP contribution in [0.5, 0.6) is 0 Å². The fourth-order valence-electron chi connectivity index (χ4n) is 2.58. The Balaban J connectivity index is 1.76. The maximum absolute atomic E-state index is 12.2. The summed E-state index contributed by atoms with van der Waals surface area (Å²) < 4.78 is 0. The molecule has 3 nitrogen and oxygen atoms in total. The Hall–Kier alpha value is -0.610. The van der Waals surface area contributed by atoms with Crippen molar-refractivity contribution >= 4 is 29.0 Å². The molecule has 0 aromatic heterocycles. The van der Waals surface area contributed by atoms with Gasteiger partial charge in [-0.05, 0) is 45.1 Å². The highest BCUT2D eigenvalue weighted by atomic mass is 35.5. The summed E-state index contributed by atoms with van der Waals surface area (Å²) in [6.07, 6.45) is 3.10. The molecule has 21 heavy (non-hydrogen) atoms. The number of Topliss-reactive ketones (excluding diaryl/α,β-unsaturated/α-hetero) is 1. The van der Waals surface area contributed by atoms with Gasteiger partial charge in [-0.2, -0.15) is 0 Å². The van der Waals surface area contributed by atoms with Crippen LogP contribution < -0.4 is 0 Å². The fourth-order valence-corrected chi connectivity index (χ4v) is 2.98. The number of likely N-dealkylation sites (tertiary alicyclic amines) is 1. The highest BCUT2D eigenvalue weighted by Crippen LogP contribution is 2.26. The van der Waals surface area contributed by atoms with Crippen molar-refractivity contribution in [1.82, 2.24) is 9.80 Å². The predicted molar refractivity (Wildman–Crippen MR) is 88.6 cm³/mol. The number of carbonyl (C=O) groups is 1. The fraction of sp³-hybridized carbons (Fsp3) is 0.562. The Labute approximate surface area is 136 Å². The molecule has 116 valence electrons. The third kappa shape index (κ3) is 4.96. The summed E-state index contributed by atoms with van der Waals surface area (Å²) in [4.78, 5) is 16.9. The van der Waals surface area contributed by atoms with Crippen molar-refractivity contribution in [3.63, 3.8) is 0 Å². The Morgan fingerprint density at radius 1 is 1.24 bits per heavy atom. The largest absolute Gasteiger partial charge is 0.305 e. The van der Waals surface area contributed by atoms with E-state index >= 15 is 0 Å². The van der Waals surface area contributed by atoms with Crippen molar-refractivity contribution in [2.75, 3.05) is 39.8 Å². The SMILES string of the molecule is CN(CCC(=O)c1cccc(Cl)c1Cl)CCN1CCCC1. The molecular weight excluding hydrogens is 307 g/mol. The minimum Gasteiger partial charge on any atom is -0.305 e. The number of hydrogen-bond acceptors (Lipinski definition) is 3. The van der Waals surface area contributed by atoms with Gasteiger partial charge in [-0.3, -0.25) is 4.79 Å². The maximum Gasteiger partial charge on any atom is 0.165 e. The molecule has 1 heterocycles. The molecule has 0 spiro atoms. The second-order valence-corrected chi connectivity index (χ2v) is 6.41. The minimum absolute atomic E-state index is 0.0514. The molecule has 1 fully saturated rings. The first-order chi connectivity index (χ1) is 10.1. The summed E-state index contributed by atoms with van der Waals surface area (Å²) in [7, 11) is 2.06. The number of nitrogens with zero attached hydrogens (tertiary/aromatic N) is 2. The van der Waals surface area contributed by atoms with Gasteiger partial charge in [0.15, 0.2) is 5.78 Å². The van der Waals surface area contributed by atoms with Crippen molar-refractivity contribution in [3.8, 4) is 0 Å². The molecule has 1 aromatic carbocycles. The van der Waals surface area contributed by atoms with Gasteiger partial charge in [0.05, 0.1) is 10.0 Å². The van der Waals surface area contributed by atoms with Crippen molar-refractivity contribution in [1.29, 1.82) is 0 Å². The van der Waals surface area contributed by atoms with Crippen LogP contribution >= 0.6 is 23.2 Å². The van der Waals surface area contributed by atoms with Crippen molar-refractivity contribution in [2.45, 2.75) is 19.3 Å². The first kappa shape index (κ1) is 16.8. The summed E-state index contributed by atoms with van der Waals surface area (Å²) in [6, 6.07) is 5.20. The monoisotopic (exact) mass is 328 g/mol. The molecule has 0 N–H and O–H groups in total. The maximum atomic E-state index is 12.2. The van der Waals surface area contributed by atoms with E-state index in [1.165, 1.54) is 25.9 Å². The van der Waals surface area contributed by atoms with Gasteiger partial charge in [-0.15, -0.1) is 0 Å². The predicted octanol–water partition coefficient (Wildman–Crippen LogP) is 3.59. The minimum atomic E-state index is 0.0514. The molecule has 1 aliphatic rings. The van der Waals surface area contributed by atoms with Crippen LogP contribution in [-0.2, 0) is 0 Å². The number of hydrogen-bond donors (Lipinski definition) is 0. The lowest BCUT2D eigenvalue weighted by Crippen LogP contribution is -2.32. The van der Waals surface area contributed by atoms with E-state index in [2.05, 4.69) is 16.8 Å². The number of rotatable bonds is 7. The summed E-state index contributed by atoms with van der Waals surface area (Å²) in [5.74, 6) is 0.0514. The lowest BCUT2D eigenvalue weighted by Gasteiger charge is -2.21. The van der Waals surface area contributed by atoms with Crippen LogP contribution in [0.4, 0.5) is 0 Å². The first-order valence-electron chi connectivity index (χ1n) is 7.46. The third-order valence-electron chi connectivity index (χ3n) is 3.97. The molecule has 1 saturated heterocycles. The highest BCUT2D eigenvalue weighted by molar-refractivity contribution is 6.43. The van der Waals surface area contributed by atoms with Crippen LogP contribution in [0.2, 0.25) is 10.0 Å². The van der Waals surface area contributed by atoms with Crippen LogP contribution in [0.25, 0.3) is 0 Å². The Morgan fingerprint density at radius 3 is 2.67 bits per heavy atom. The lowest BCUT2D eigenvalue weighted by atomic mass is 10.1.